The highest BCUT2D eigenvalue weighted by atomic mass is 16.5. The summed E-state index contributed by atoms with van der Waals surface area (Å²) in [4.78, 5) is 36.8. The van der Waals surface area contributed by atoms with Crippen LogP contribution in [0.25, 0.3) is 6.08 Å². The van der Waals surface area contributed by atoms with Crippen LogP contribution in [0, 0.1) is 0 Å². The zero-order chi connectivity index (χ0) is 22.2. The fourth-order valence-electron chi connectivity index (χ4n) is 2.95. The second-order valence-corrected chi connectivity index (χ2v) is 6.38. The van der Waals surface area contributed by atoms with E-state index in [0.717, 1.165) is 5.56 Å². The molecule has 0 bridgehead atoms. The molecular formula is C22H22N2O7. The lowest BCUT2D eigenvalue weighted by atomic mass is 10.0. The van der Waals surface area contributed by atoms with Gasteiger partial charge in [0.1, 0.15) is 24.2 Å². The number of nitrogens with one attached hydrogen (secondary N) is 2. The molecule has 3 rings (SSSR count). The number of benzene rings is 1. The van der Waals surface area contributed by atoms with Crippen molar-refractivity contribution >= 4 is 24.0 Å². The molecule has 0 spiro atoms. The van der Waals surface area contributed by atoms with Crippen LogP contribution in [0.1, 0.15) is 24.3 Å². The Kier molecular flexibility index (Phi) is 7.10. The molecule has 1 unspecified atom stereocenters. The number of hydrogen-bond donors (Lipinski definition) is 2. The Labute approximate surface area is 178 Å². The lowest BCUT2D eigenvalue weighted by Crippen LogP contribution is -2.47. The van der Waals surface area contributed by atoms with Crippen molar-refractivity contribution in [2.45, 2.75) is 13.0 Å². The van der Waals surface area contributed by atoms with E-state index in [4.69, 9.17) is 18.6 Å². The van der Waals surface area contributed by atoms with E-state index in [1.165, 1.54) is 12.3 Å². The second-order valence-electron chi connectivity index (χ2n) is 6.38. The Bertz CT molecular complexity index is 1010. The van der Waals surface area contributed by atoms with Crippen LogP contribution in [0.4, 0.5) is 4.79 Å². The second kappa shape index (κ2) is 10.1. The average molecular weight is 426 g/mol. The molecule has 31 heavy (non-hydrogen) atoms. The molecular weight excluding hydrogens is 404 g/mol. The first-order valence-electron chi connectivity index (χ1n) is 9.51. The monoisotopic (exact) mass is 426 g/mol. The molecule has 0 fully saturated rings. The Morgan fingerprint density at radius 2 is 2.03 bits per heavy atom. The van der Waals surface area contributed by atoms with E-state index in [2.05, 4.69) is 10.6 Å². The van der Waals surface area contributed by atoms with Crippen LogP contribution in [0.15, 0.2) is 64.4 Å². The van der Waals surface area contributed by atoms with Gasteiger partial charge in [0.05, 0.1) is 31.2 Å². The molecule has 1 aliphatic heterocycles. The molecule has 9 nitrogen and oxygen atoms in total. The quantitative estimate of drug-likeness (QED) is 0.492. The minimum absolute atomic E-state index is 0.0981. The Hall–Kier alpha value is -4.01. The topological polar surface area (TPSA) is 116 Å². The van der Waals surface area contributed by atoms with Crippen molar-refractivity contribution in [3.8, 4) is 5.75 Å². The van der Waals surface area contributed by atoms with E-state index in [0.29, 0.717) is 11.5 Å². The van der Waals surface area contributed by atoms with Crippen LogP contribution in [-0.2, 0) is 19.1 Å². The molecule has 0 saturated carbocycles. The SMILES string of the molecule is CCOC(=O)C1=C(COC(=O)/C=C/c2cccc(OC)c2)NC(=O)NC1c1ccco1. The first-order valence-corrected chi connectivity index (χ1v) is 9.51. The molecule has 1 aromatic heterocycles. The standard InChI is InChI=1S/C22H22N2O7/c1-3-29-21(26)19-16(23-22(27)24-20(19)17-8-5-11-30-17)13-31-18(25)10-9-14-6-4-7-15(12-14)28-2/h4-12,20H,3,13H2,1-2H3,(H2,23,24,27)/b10-9+. The van der Waals surface area contributed by atoms with Crippen LogP contribution in [0.5, 0.6) is 5.75 Å². The Morgan fingerprint density at radius 1 is 1.19 bits per heavy atom. The number of ether oxygens (including phenoxy) is 3. The van der Waals surface area contributed by atoms with E-state index in [1.807, 2.05) is 0 Å². The summed E-state index contributed by atoms with van der Waals surface area (Å²) in [7, 11) is 1.55. The van der Waals surface area contributed by atoms with Crippen LogP contribution in [0.2, 0.25) is 0 Å². The molecule has 9 heteroatoms. The van der Waals surface area contributed by atoms with Gasteiger partial charge in [-0.15, -0.1) is 0 Å². The van der Waals surface area contributed by atoms with E-state index < -0.39 is 24.0 Å². The smallest absolute Gasteiger partial charge is 0.338 e. The summed E-state index contributed by atoms with van der Waals surface area (Å²) in [5.41, 5.74) is 0.962. The molecule has 2 N–H and O–H groups in total. The zero-order valence-corrected chi connectivity index (χ0v) is 17.0. The van der Waals surface area contributed by atoms with Gasteiger partial charge in [0.25, 0.3) is 0 Å². The van der Waals surface area contributed by atoms with E-state index >= 15 is 0 Å². The van der Waals surface area contributed by atoms with Gasteiger partial charge in [0.2, 0.25) is 0 Å². The fraction of sp³-hybridized carbons (Fsp3) is 0.227. The molecule has 1 aliphatic rings. The molecule has 1 atom stereocenters. The number of hydrogen-bond acceptors (Lipinski definition) is 7. The van der Waals surface area contributed by atoms with Crippen molar-refractivity contribution in [1.29, 1.82) is 0 Å². The third kappa shape index (κ3) is 5.53. The number of methoxy groups -OCH3 is 1. The number of rotatable bonds is 8. The van der Waals surface area contributed by atoms with E-state index in [1.54, 1.807) is 56.5 Å². The molecule has 162 valence electrons. The maximum Gasteiger partial charge on any atom is 0.338 e. The highest BCUT2D eigenvalue weighted by molar-refractivity contribution is 5.95. The molecule has 0 saturated heterocycles. The third-order valence-corrected chi connectivity index (χ3v) is 4.34. The number of furan rings is 1. The van der Waals surface area contributed by atoms with Crippen LogP contribution < -0.4 is 15.4 Å². The van der Waals surface area contributed by atoms with Crippen LogP contribution in [0.3, 0.4) is 0 Å². The van der Waals surface area contributed by atoms with Crippen molar-refractivity contribution in [2.24, 2.45) is 0 Å². The van der Waals surface area contributed by atoms with Crippen molar-refractivity contribution in [3.63, 3.8) is 0 Å². The van der Waals surface area contributed by atoms with Gasteiger partial charge in [-0.05, 0) is 42.8 Å². The number of carbonyl (C=O) groups excluding carboxylic acids is 3. The summed E-state index contributed by atoms with van der Waals surface area (Å²) in [5, 5.41) is 5.13. The Balaban J connectivity index is 1.77. The van der Waals surface area contributed by atoms with Gasteiger partial charge in [-0.3, -0.25) is 0 Å². The van der Waals surface area contributed by atoms with Gasteiger partial charge in [-0.25, -0.2) is 14.4 Å². The molecule has 2 heterocycles. The summed E-state index contributed by atoms with van der Waals surface area (Å²) in [6.45, 7) is 1.47. The largest absolute Gasteiger partial charge is 0.497 e. The molecule has 0 radical (unpaired) electrons. The van der Waals surface area contributed by atoms with Crippen molar-refractivity contribution < 1.29 is 33.0 Å². The average Bonchev–Trinajstić information content (AvgIpc) is 3.31. The van der Waals surface area contributed by atoms with Gasteiger partial charge in [0, 0.05) is 6.08 Å². The first kappa shape index (κ1) is 21.7. The van der Waals surface area contributed by atoms with Gasteiger partial charge in [-0.2, -0.15) is 0 Å². The molecule has 1 aromatic carbocycles. The van der Waals surface area contributed by atoms with Gasteiger partial charge >= 0.3 is 18.0 Å². The number of carbonyl (C=O) groups is 3. The van der Waals surface area contributed by atoms with E-state index in [9.17, 15) is 14.4 Å². The lowest BCUT2D eigenvalue weighted by molar-refractivity contribution is -0.140. The third-order valence-electron chi connectivity index (χ3n) is 4.34. The highest BCUT2D eigenvalue weighted by Crippen LogP contribution is 2.28. The molecule has 2 aromatic rings. The fourth-order valence-corrected chi connectivity index (χ4v) is 2.95. The van der Waals surface area contributed by atoms with E-state index in [-0.39, 0.29) is 24.5 Å². The Morgan fingerprint density at radius 3 is 2.74 bits per heavy atom. The maximum atomic E-state index is 12.6. The van der Waals surface area contributed by atoms with Crippen LogP contribution in [-0.4, -0.2) is 38.3 Å². The minimum Gasteiger partial charge on any atom is -0.497 e. The van der Waals surface area contributed by atoms with Crippen molar-refractivity contribution in [3.05, 3.63) is 71.3 Å². The predicted octanol–water partition coefficient (Wildman–Crippen LogP) is 2.72. The molecule has 2 amide bonds. The number of esters is 2. The normalized spacial score (nSPS) is 15.9. The zero-order valence-electron chi connectivity index (χ0n) is 17.0. The molecule has 0 aliphatic carbocycles. The van der Waals surface area contributed by atoms with Crippen molar-refractivity contribution in [2.75, 3.05) is 20.3 Å². The first-order chi connectivity index (χ1) is 15.0. The van der Waals surface area contributed by atoms with Gasteiger partial charge < -0.3 is 29.3 Å². The van der Waals surface area contributed by atoms with Crippen LogP contribution >= 0.6 is 0 Å². The van der Waals surface area contributed by atoms with Crippen molar-refractivity contribution in [1.82, 2.24) is 10.6 Å². The number of amides is 2. The predicted molar refractivity (Wildman–Crippen MR) is 110 cm³/mol. The summed E-state index contributed by atoms with van der Waals surface area (Å²) in [5.74, 6) is -0.309. The minimum atomic E-state index is -0.871. The maximum absolute atomic E-state index is 12.6. The lowest BCUT2D eigenvalue weighted by Gasteiger charge is -2.27. The van der Waals surface area contributed by atoms with Gasteiger partial charge in [0.15, 0.2) is 0 Å². The van der Waals surface area contributed by atoms with Gasteiger partial charge in [-0.1, -0.05) is 12.1 Å². The summed E-state index contributed by atoms with van der Waals surface area (Å²) in [6, 6.07) is 8.95. The summed E-state index contributed by atoms with van der Waals surface area (Å²) in [6.07, 6.45) is 4.24. The highest BCUT2D eigenvalue weighted by Gasteiger charge is 2.35. The number of urea groups is 1. The summed E-state index contributed by atoms with van der Waals surface area (Å²) < 4.78 is 20.8. The summed E-state index contributed by atoms with van der Waals surface area (Å²) >= 11 is 0.